The van der Waals surface area contributed by atoms with E-state index < -0.39 is 11.9 Å². The number of hydrogen-bond acceptors (Lipinski definition) is 2. The minimum Gasteiger partial charge on any atom is -0.481 e. The molecule has 3 unspecified atom stereocenters. The summed E-state index contributed by atoms with van der Waals surface area (Å²) >= 11 is 0. The molecule has 2 N–H and O–H groups in total. The smallest absolute Gasteiger partial charge is 0.317 e. The molecule has 3 atom stereocenters. The van der Waals surface area contributed by atoms with Crippen LogP contribution in [0.3, 0.4) is 0 Å². The number of amides is 2. The first-order valence-corrected chi connectivity index (χ1v) is 7.81. The second-order valence-electron chi connectivity index (χ2n) is 5.74. The maximum atomic E-state index is 12.3. The van der Waals surface area contributed by atoms with Gasteiger partial charge in [-0.05, 0) is 26.2 Å². The summed E-state index contributed by atoms with van der Waals surface area (Å²) < 4.78 is 0. The molecule has 0 saturated carbocycles. The number of aliphatic carboxylic acids is 1. The average molecular weight is 284 g/mol. The highest BCUT2D eigenvalue weighted by atomic mass is 16.4. The Kier molecular flexibility index (Phi) is 6.82. The number of carbonyl (C=O) groups is 2. The Morgan fingerprint density at radius 1 is 1.30 bits per heavy atom. The molecule has 1 aliphatic heterocycles. The van der Waals surface area contributed by atoms with Gasteiger partial charge in [0.1, 0.15) is 0 Å². The quantitative estimate of drug-likeness (QED) is 0.755. The summed E-state index contributed by atoms with van der Waals surface area (Å²) in [4.78, 5) is 25.1. The summed E-state index contributed by atoms with van der Waals surface area (Å²) in [5.41, 5.74) is 0. The monoisotopic (exact) mass is 284 g/mol. The van der Waals surface area contributed by atoms with Gasteiger partial charge in [-0.25, -0.2) is 4.79 Å². The molecule has 0 spiro atoms. The van der Waals surface area contributed by atoms with E-state index in [-0.39, 0.29) is 18.1 Å². The normalized spacial score (nSPS) is 23.6. The molecule has 1 saturated heterocycles. The fourth-order valence-corrected chi connectivity index (χ4v) is 2.90. The van der Waals surface area contributed by atoms with Crippen molar-refractivity contribution in [1.29, 1.82) is 0 Å². The zero-order valence-corrected chi connectivity index (χ0v) is 12.9. The van der Waals surface area contributed by atoms with Gasteiger partial charge in [0, 0.05) is 18.6 Å². The van der Waals surface area contributed by atoms with Crippen LogP contribution >= 0.6 is 0 Å². The van der Waals surface area contributed by atoms with E-state index in [4.69, 9.17) is 5.11 Å². The Bertz CT molecular complexity index is 333. The lowest BCUT2D eigenvalue weighted by Gasteiger charge is -2.27. The summed E-state index contributed by atoms with van der Waals surface area (Å²) in [5.74, 6) is -1.23. The van der Waals surface area contributed by atoms with Crippen molar-refractivity contribution in [2.45, 2.75) is 71.4 Å². The molecule has 20 heavy (non-hydrogen) atoms. The molecule has 2 amide bonds. The zero-order chi connectivity index (χ0) is 15.1. The predicted molar refractivity (Wildman–Crippen MR) is 78.7 cm³/mol. The Hall–Kier alpha value is -1.26. The van der Waals surface area contributed by atoms with Crippen molar-refractivity contribution in [3.05, 3.63) is 0 Å². The lowest BCUT2D eigenvalue weighted by molar-refractivity contribution is -0.142. The summed E-state index contributed by atoms with van der Waals surface area (Å²) in [5, 5.41) is 12.2. The molecule has 1 rings (SSSR count). The third kappa shape index (κ3) is 4.39. The van der Waals surface area contributed by atoms with Crippen LogP contribution in [0.1, 0.15) is 59.3 Å². The van der Waals surface area contributed by atoms with Crippen LogP contribution in [0.4, 0.5) is 4.79 Å². The number of rotatable bonds is 7. The Balaban J connectivity index is 2.54. The van der Waals surface area contributed by atoms with Gasteiger partial charge in [0.15, 0.2) is 0 Å². The number of nitrogens with zero attached hydrogens (tertiary/aromatic N) is 1. The topological polar surface area (TPSA) is 69.6 Å². The highest BCUT2D eigenvalue weighted by molar-refractivity contribution is 5.78. The summed E-state index contributed by atoms with van der Waals surface area (Å²) in [6.45, 7) is 6.62. The van der Waals surface area contributed by atoms with Crippen LogP contribution in [0, 0.1) is 5.92 Å². The van der Waals surface area contributed by atoms with Crippen molar-refractivity contribution in [3.8, 4) is 0 Å². The van der Waals surface area contributed by atoms with E-state index in [9.17, 15) is 9.59 Å². The molecule has 0 radical (unpaired) electrons. The number of unbranched alkanes of at least 4 members (excludes halogenated alkanes) is 1. The van der Waals surface area contributed by atoms with Crippen molar-refractivity contribution < 1.29 is 14.7 Å². The molecule has 0 aliphatic carbocycles. The fraction of sp³-hybridized carbons (Fsp3) is 0.867. The maximum absolute atomic E-state index is 12.3. The van der Waals surface area contributed by atoms with Crippen LogP contribution in [0.5, 0.6) is 0 Å². The van der Waals surface area contributed by atoms with Gasteiger partial charge in [-0.15, -0.1) is 0 Å². The number of urea groups is 1. The highest BCUT2D eigenvalue weighted by Gasteiger charge is 2.38. The van der Waals surface area contributed by atoms with Crippen molar-refractivity contribution in [2.75, 3.05) is 6.54 Å². The first kappa shape index (κ1) is 16.8. The number of carboxylic acids is 1. The van der Waals surface area contributed by atoms with E-state index >= 15 is 0 Å². The molecule has 116 valence electrons. The molecule has 5 heteroatoms. The molecule has 1 heterocycles. The molecule has 0 aromatic carbocycles. The van der Waals surface area contributed by atoms with Crippen molar-refractivity contribution in [1.82, 2.24) is 10.2 Å². The molecule has 1 aliphatic rings. The first-order valence-electron chi connectivity index (χ1n) is 7.81. The first-order chi connectivity index (χ1) is 9.51. The Morgan fingerprint density at radius 3 is 2.50 bits per heavy atom. The van der Waals surface area contributed by atoms with Crippen LogP contribution in [0.2, 0.25) is 0 Å². The van der Waals surface area contributed by atoms with Crippen molar-refractivity contribution in [3.63, 3.8) is 0 Å². The van der Waals surface area contributed by atoms with E-state index in [1.54, 1.807) is 4.90 Å². The third-order valence-corrected chi connectivity index (χ3v) is 4.20. The van der Waals surface area contributed by atoms with Gasteiger partial charge in [0.2, 0.25) is 0 Å². The van der Waals surface area contributed by atoms with Gasteiger partial charge in [0.25, 0.3) is 0 Å². The van der Waals surface area contributed by atoms with Gasteiger partial charge in [-0.3, -0.25) is 4.79 Å². The van der Waals surface area contributed by atoms with Crippen LogP contribution in [-0.2, 0) is 4.79 Å². The average Bonchev–Trinajstić information content (AvgIpc) is 2.78. The van der Waals surface area contributed by atoms with E-state index in [0.717, 1.165) is 32.1 Å². The largest absolute Gasteiger partial charge is 0.481 e. The predicted octanol–water partition coefficient (Wildman–Crippen LogP) is 2.85. The molecule has 0 aromatic heterocycles. The van der Waals surface area contributed by atoms with E-state index in [1.807, 2.05) is 6.92 Å². The highest BCUT2D eigenvalue weighted by Crippen LogP contribution is 2.24. The van der Waals surface area contributed by atoms with Gasteiger partial charge in [-0.1, -0.05) is 33.1 Å². The van der Waals surface area contributed by atoms with Crippen LogP contribution in [0.25, 0.3) is 0 Å². The molecular formula is C15H28N2O3. The lowest BCUT2D eigenvalue weighted by atomic mass is 10.0. The number of hydrogen-bond donors (Lipinski definition) is 2. The number of nitrogens with one attached hydrogen (secondary N) is 1. The second kappa shape index (κ2) is 8.12. The minimum absolute atomic E-state index is 0.101. The second-order valence-corrected chi connectivity index (χ2v) is 5.74. The fourth-order valence-electron chi connectivity index (χ4n) is 2.90. The van der Waals surface area contributed by atoms with E-state index in [2.05, 4.69) is 19.2 Å². The van der Waals surface area contributed by atoms with E-state index in [1.165, 1.54) is 0 Å². The number of carbonyl (C=O) groups excluding carboxylic acids is 1. The van der Waals surface area contributed by atoms with Gasteiger partial charge >= 0.3 is 12.0 Å². The molecule has 0 aromatic rings. The Morgan fingerprint density at radius 2 is 2.00 bits per heavy atom. The third-order valence-electron chi connectivity index (χ3n) is 4.20. The molecular weight excluding hydrogens is 256 g/mol. The molecule has 5 nitrogen and oxygen atoms in total. The van der Waals surface area contributed by atoms with Crippen molar-refractivity contribution >= 4 is 12.0 Å². The van der Waals surface area contributed by atoms with Gasteiger partial charge in [-0.2, -0.15) is 0 Å². The van der Waals surface area contributed by atoms with E-state index in [0.29, 0.717) is 13.0 Å². The van der Waals surface area contributed by atoms with Crippen LogP contribution in [0.15, 0.2) is 0 Å². The maximum Gasteiger partial charge on any atom is 0.317 e. The summed E-state index contributed by atoms with van der Waals surface area (Å²) in [6, 6.07) is -0.111. The number of carboxylic acid groups (broad SMARTS) is 1. The van der Waals surface area contributed by atoms with Crippen LogP contribution < -0.4 is 5.32 Å². The minimum atomic E-state index is -0.802. The van der Waals surface area contributed by atoms with Crippen LogP contribution in [-0.4, -0.2) is 40.6 Å². The van der Waals surface area contributed by atoms with Crippen molar-refractivity contribution in [2.24, 2.45) is 5.92 Å². The standard InChI is InChI=1S/C15H28N2O3/c1-4-6-8-12(7-5-2)16-15(20)17-10-9-13(11(17)3)14(18)19/h11-13H,4-10H2,1-3H3,(H,16,20)(H,18,19). The zero-order valence-electron chi connectivity index (χ0n) is 12.9. The van der Waals surface area contributed by atoms with Gasteiger partial charge < -0.3 is 15.3 Å². The summed E-state index contributed by atoms with van der Waals surface area (Å²) in [6.07, 6.45) is 5.81. The lowest BCUT2D eigenvalue weighted by Crippen LogP contribution is -2.47. The SMILES string of the molecule is CCCCC(CCC)NC(=O)N1CCC(C(=O)O)C1C. The number of likely N-dealkylation sites (tertiary alicyclic amines) is 1. The summed E-state index contributed by atoms with van der Waals surface area (Å²) in [7, 11) is 0. The molecule has 1 fully saturated rings. The molecule has 0 bridgehead atoms. The van der Waals surface area contributed by atoms with Gasteiger partial charge in [0.05, 0.1) is 5.92 Å². The Labute approximate surface area is 121 Å².